The highest BCUT2D eigenvalue weighted by atomic mass is 32.2. The lowest BCUT2D eigenvalue weighted by molar-refractivity contribution is 0.142. The minimum absolute atomic E-state index is 0.0225. The quantitative estimate of drug-likeness (QED) is 0.601. The van der Waals surface area contributed by atoms with Gasteiger partial charge in [0.2, 0.25) is 0 Å². The van der Waals surface area contributed by atoms with E-state index >= 15 is 0 Å². The molecule has 0 aromatic carbocycles. The maximum atomic E-state index is 11.3. The van der Waals surface area contributed by atoms with Crippen molar-refractivity contribution in [1.82, 2.24) is 4.90 Å². The van der Waals surface area contributed by atoms with E-state index in [1.807, 2.05) is 0 Å². The third-order valence-electron chi connectivity index (χ3n) is 3.92. The van der Waals surface area contributed by atoms with Gasteiger partial charge in [-0.2, -0.15) is 0 Å². The Morgan fingerprint density at radius 1 is 1.36 bits per heavy atom. The average Bonchev–Trinajstić information content (AvgIpc) is 2.39. The Labute approximate surface area is 85.4 Å². The minimum atomic E-state index is -2.78. The van der Waals surface area contributed by atoms with Crippen LogP contribution in [0.4, 0.5) is 0 Å². The standard InChI is InChI=1S/C9H18N2O2S/c1-11-5-2-8(10)9(11)3-6-14(12,13)7-4-9/h8H,2-7,10H2,1H3. The maximum absolute atomic E-state index is 11.3. The molecule has 1 atom stereocenters. The molecule has 0 amide bonds. The zero-order valence-corrected chi connectivity index (χ0v) is 9.39. The summed E-state index contributed by atoms with van der Waals surface area (Å²) in [6, 6.07) is 0.156. The monoisotopic (exact) mass is 218 g/mol. The first-order valence-corrected chi connectivity index (χ1v) is 6.96. The van der Waals surface area contributed by atoms with Crippen molar-refractivity contribution in [1.29, 1.82) is 0 Å². The first-order chi connectivity index (χ1) is 6.46. The predicted molar refractivity (Wildman–Crippen MR) is 55.8 cm³/mol. The zero-order chi connectivity index (χ0) is 10.4. The molecule has 82 valence electrons. The Kier molecular flexibility index (Phi) is 2.36. The van der Waals surface area contributed by atoms with Crippen molar-refractivity contribution >= 4 is 9.84 Å². The van der Waals surface area contributed by atoms with Crippen molar-refractivity contribution < 1.29 is 8.42 Å². The Bertz CT molecular complexity index is 300. The fourth-order valence-electron chi connectivity index (χ4n) is 2.75. The molecule has 1 spiro atoms. The molecule has 2 aliphatic rings. The number of rotatable bonds is 0. The van der Waals surface area contributed by atoms with Crippen LogP contribution in [0.1, 0.15) is 19.3 Å². The van der Waals surface area contributed by atoms with Gasteiger partial charge in [0.15, 0.2) is 0 Å². The number of nitrogens with two attached hydrogens (primary N) is 1. The van der Waals surface area contributed by atoms with E-state index in [2.05, 4.69) is 11.9 Å². The van der Waals surface area contributed by atoms with Gasteiger partial charge in [-0.15, -0.1) is 0 Å². The molecular formula is C9H18N2O2S. The summed E-state index contributed by atoms with van der Waals surface area (Å²) in [4.78, 5) is 2.26. The van der Waals surface area contributed by atoms with E-state index < -0.39 is 9.84 Å². The summed E-state index contributed by atoms with van der Waals surface area (Å²) in [5, 5.41) is 0. The molecule has 2 rings (SSSR count). The molecule has 2 heterocycles. The molecular weight excluding hydrogens is 200 g/mol. The van der Waals surface area contributed by atoms with E-state index in [0.29, 0.717) is 24.3 Å². The van der Waals surface area contributed by atoms with Crippen LogP contribution in [-0.2, 0) is 9.84 Å². The van der Waals surface area contributed by atoms with Crippen LogP contribution >= 0.6 is 0 Å². The van der Waals surface area contributed by atoms with Crippen LogP contribution in [0.5, 0.6) is 0 Å². The largest absolute Gasteiger partial charge is 0.326 e. The number of hydrogen-bond acceptors (Lipinski definition) is 4. The Morgan fingerprint density at radius 2 is 1.93 bits per heavy atom. The number of nitrogens with zero attached hydrogens (tertiary/aromatic N) is 1. The number of hydrogen-bond donors (Lipinski definition) is 1. The SMILES string of the molecule is CN1CCC(N)C12CCS(=O)(=O)CC2. The second kappa shape index (κ2) is 3.18. The van der Waals surface area contributed by atoms with Gasteiger partial charge in [-0.05, 0) is 32.9 Å². The Balaban J connectivity index is 2.19. The van der Waals surface area contributed by atoms with E-state index in [1.54, 1.807) is 0 Å². The van der Waals surface area contributed by atoms with Crippen LogP contribution in [0, 0.1) is 0 Å². The Morgan fingerprint density at radius 3 is 2.36 bits per heavy atom. The summed E-state index contributed by atoms with van der Waals surface area (Å²) in [6.07, 6.45) is 2.43. The van der Waals surface area contributed by atoms with E-state index in [0.717, 1.165) is 13.0 Å². The topological polar surface area (TPSA) is 63.4 Å². The summed E-state index contributed by atoms with van der Waals surface area (Å²) in [6.45, 7) is 1.00. The van der Waals surface area contributed by atoms with E-state index in [1.165, 1.54) is 0 Å². The summed E-state index contributed by atoms with van der Waals surface area (Å²) in [7, 11) is -0.715. The predicted octanol–water partition coefficient (Wildman–Crippen LogP) is -0.403. The van der Waals surface area contributed by atoms with Gasteiger partial charge in [0.25, 0.3) is 0 Å². The van der Waals surface area contributed by atoms with Gasteiger partial charge >= 0.3 is 0 Å². The highest BCUT2D eigenvalue weighted by Crippen LogP contribution is 2.37. The van der Waals surface area contributed by atoms with Crippen LogP contribution < -0.4 is 5.73 Å². The van der Waals surface area contributed by atoms with Crippen LogP contribution in [0.15, 0.2) is 0 Å². The lowest BCUT2D eigenvalue weighted by Gasteiger charge is -2.42. The molecule has 5 heteroatoms. The molecule has 2 fully saturated rings. The van der Waals surface area contributed by atoms with Crippen molar-refractivity contribution in [3.63, 3.8) is 0 Å². The van der Waals surface area contributed by atoms with Crippen LogP contribution in [-0.4, -0.2) is 50.0 Å². The second-order valence-electron chi connectivity index (χ2n) is 4.57. The third kappa shape index (κ3) is 1.47. The number of sulfone groups is 1. The van der Waals surface area contributed by atoms with Gasteiger partial charge in [-0.1, -0.05) is 0 Å². The summed E-state index contributed by atoms with van der Waals surface area (Å²) < 4.78 is 22.7. The van der Waals surface area contributed by atoms with Crippen molar-refractivity contribution in [3.8, 4) is 0 Å². The minimum Gasteiger partial charge on any atom is -0.326 e. The summed E-state index contributed by atoms with van der Waals surface area (Å²) >= 11 is 0. The number of likely N-dealkylation sites (tertiary alicyclic amines) is 1. The normalized spacial score (nSPS) is 36.3. The highest BCUT2D eigenvalue weighted by molar-refractivity contribution is 7.91. The molecule has 14 heavy (non-hydrogen) atoms. The third-order valence-corrected chi connectivity index (χ3v) is 5.57. The van der Waals surface area contributed by atoms with Gasteiger partial charge in [0, 0.05) is 11.6 Å². The van der Waals surface area contributed by atoms with Gasteiger partial charge in [-0.3, -0.25) is 4.90 Å². The maximum Gasteiger partial charge on any atom is 0.150 e. The summed E-state index contributed by atoms with van der Waals surface area (Å²) in [5.74, 6) is 0.621. The van der Waals surface area contributed by atoms with Crippen molar-refractivity contribution in [3.05, 3.63) is 0 Å². The first kappa shape index (κ1) is 10.4. The molecule has 0 radical (unpaired) electrons. The van der Waals surface area contributed by atoms with Crippen molar-refractivity contribution in [2.75, 3.05) is 25.1 Å². The zero-order valence-electron chi connectivity index (χ0n) is 8.57. The van der Waals surface area contributed by atoms with Gasteiger partial charge in [0.1, 0.15) is 9.84 Å². The molecule has 0 aromatic rings. The lowest BCUT2D eigenvalue weighted by Crippen LogP contribution is -2.56. The smallest absolute Gasteiger partial charge is 0.150 e. The van der Waals surface area contributed by atoms with E-state index in [-0.39, 0.29) is 11.6 Å². The molecule has 0 saturated carbocycles. The molecule has 0 aromatic heterocycles. The van der Waals surface area contributed by atoms with Crippen LogP contribution in [0.3, 0.4) is 0 Å². The van der Waals surface area contributed by atoms with Crippen molar-refractivity contribution in [2.45, 2.75) is 30.8 Å². The molecule has 1 unspecified atom stereocenters. The molecule has 4 nitrogen and oxygen atoms in total. The fraction of sp³-hybridized carbons (Fsp3) is 1.00. The average molecular weight is 218 g/mol. The van der Waals surface area contributed by atoms with Crippen molar-refractivity contribution in [2.24, 2.45) is 5.73 Å². The lowest BCUT2D eigenvalue weighted by atomic mass is 9.86. The molecule has 0 bridgehead atoms. The molecule has 0 aliphatic carbocycles. The molecule has 2 N–H and O–H groups in total. The fourth-order valence-corrected chi connectivity index (χ4v) is 4.28. The van der Waals surface area contributed by atoms with Gasteiger partial charge < -0.3 is 5.73 Å². The molecule has 2 saturated heterocycles. The first-order valence-electron chi connectivity index (χ1n) is 5.14. The highest BCUT2D eigenvalue weighted by Gasteiger charge is 2.48. The number of likely N-dealkylation sites (N-methyl/N-ethyl adjacent to an activating group) is 1. The van der Waals surface area contributed by atoms with E-state index in [4.69, 9.17) is 5.73 Å². The molecule has 2 aliphatic heterocycles. The summed E-state index contributed by atoms with van der Waals surface area (Å²) in [5.41, 5.74) is 6.06. The van der Waals surface area contributed by atoms with Crippen LogP contribution in [0.25, 0.3) is 0 Å². The van der Waals surface area contributed by atoms with Gasteiger partial charge in [-0.25, -0.2) is 8.42 Å². The van der Waals surface area contributed by atoms with E-state index in [9.17, 15) is 8.42 Å². The van der Waals surface area contributed by atoms with Gasteiger partial charge in [0.05, 0.1) is 11.5 Å². The second-order valence-corrected chi connectivity index (χ2v) is 6.88. The Hall–Kier alpha value is -0.130. The van der Waals surface area contributed by atoms with Crippen LogP contribution in [0.2, 0.25) is 0 Å².